The van der Waals surface area contributed by atoms with E-state index in [0.29, 0.717) is 5.76 Å². The van der Waals surface area contributed by atoms with Crippen molar-refractivity contribution >= 4 is 16.9 Å². The molecule has 0 radical (unpaired) electrons. The van der Waals surface area contributed by atoms with Crippen LogP contribution in [0.5, 0.6) is 0 Å². The molecule has 2 heterocycles. The Hall–Kier alpha value is -2.88. The van der Waals surface area contributed by atoms with E-state index in [2.05, 4.69) is 16.9 Å². The summed E-state index contributed by atoms with van der Waals surface area (Å²) in [6.07, 6.45) is 4.64. The average molecular weight is 278 g/mol. The molecule has 21 heavy (non-hydrogen) atoms. The maximum Gasteiger partial charge on any atom is 0.244 e. The van der Waals surface area contributed by atoms with Crippen LogP contribution in [0.15, 0.2) is 71.9 Å². The van der Waals surface area contributed by atoms with Gasteiger partial charge in [-0.1, -0.05) is 30.8 Å². The largest absolute Gasteiger partial charge is 0.459 e. The molecular weight excluding hydrogens is 264 g/mol. The predicted octanol–water partition coefficient (Wildman–Crippen LogP) is 3.22. The van der Waals surface area contributed by atoms with Crippen molar-refractivity contribution in [3.63, 3.8) is 0 Å². The van der Waals surface area contributed by atoms with E-state index in [9.17, 15) is 4.79 Å². The maximum absolute atomic E-state index is 11.7. The van der Waals surface area contributed by atoms with Crippen LogP contribution in [-0.4, -0.2) is 10.9 Å². The molecule has 0 aliphatic rings. The van der Waals surface area contributed by atoms with Crippen molar-refractivity contribution in [2.75, 3.05) is 0 Å². The van der Waals surface area contributed by atoms with Crippen LogP contribution in [0.25, 0.3) is 11.0 Å². The summed E-state index contributed by atoms with van der Waals surface area (Å²) in [5, 5.41) is 3.86. The number of nitrogens with zero attached hydrogens (tertiary/aromatic N) is 1. The average Bonchev–Trinajstić information content (AvgIpc) is 2.96. The normalized spacial score (nSPS) is 12.0. The van der Waals surface area contributed by atoms with E-state index in [1.807, 2.05) is 42.5 Å². The molecule has 1 atom stereocenters. The van der Waals surface area contributed by atoms with Gasteiger partial charge in [-0.3, -0.25) is 9.78 Å². The molecule has 4 nitrogen and oxygen atoms in total. The van der Waals surface area contributed by atoms with Crippen LogP contribution in [0.4, 0.5) is 0 Å². The van der Waals surface area contributed by atoms with Gasteiger partial charge in [0, 0.05) is 23.3 Å². The zero-order chi connectivity index (χ0) is 14.7. The first-order valence-electron chi connectivity index (χ1n) is 6.59. The Morgan fingerprint density at radius 1 is 1.29 bits per heavy atom. The fourth-order valence-corrected chi connectivity index (χ4v) is 2.21. The number of aromatic nitrogens is 1. The fourth-order valence-electron chi connectivity index (χ4n) is 2.21. The van der Waals surface area contributed by atoms with Crippen molar-refractivity contribution in [3.05, 3.63) is 78.8 Å². The van der Waals surface area contributed by atoms with E-state index < -0.39 is 6.04 Å². The molecule has 104 valence electrons. The zero-order valence-corrected chi connectivity index (χ0v) is 11.3. The quantitative estimate of drug-likeness (QED) is 0.745. The third kappa shape index (κ3) is 2.69. The van der Waals surface area contributed by atoms with Crippen molar-refractivity contribution in [1.29, 1.82) is 0 Å². The standard InChI is InChI=1S/C17H14N2O2/c1-2-16(20)19-17(13-7-5-9-18-11-13)15-10-12-6-3-4-8-14(12)21-15/h2-11,17H,1H2,(H,19,20)/t17-/m0/s1. The molecule has 1 N–H and O–H groups in total. The molecule has 1 aromatic carbocycles. The van der Waals surface area contributed by atoms with E-state index >= 15 is 0 Å². The van der Waals surface area contributed by atoms with E-state index in [0.717, 1.165) is 16.5 Å². The molecule has 0 saturated heterocycles. The van der Waals surface area contributed by atoms with Gasteiger partial charge in [0.2, 0.25) is 5.91 Å². The zero-order valence-electron chi connectivity index (χ0n) is 11.3. The molecule has 1 amide bonds. The summed E-state index contributed by atoms with van der Waals surface area (Å²) in [5.74, 6) is 0.406. The van der Waals surface area contributed by atoms with Gasteiger partial charge in [-0.2, -0.15) is 0 Å². The predicted molar refractivity (Wildman–Crippen MR) is 80.6 cm³/mol. The summed E-state index contributed by atoms with van der Waals surface area (Å²) in [6.45, 7) is 3.49. The van der Waals surface area contributed by atoms with Crippen molar-refractivity contribution in [2.45, 2.75) is 6.04 Å². The minimum absolute atomic E-state index is 0.260. The van der Waals surface area contributed by atoms with Crippen molar-refractivity contribution < 1.29 is 9.21 Å². The molecule has 0 spiro atoms. The van der Waals surface area contributed by atoms with E-state index in [-0.39, 0.29) is 5.91 Å². The first-order chi connectivity index (χ1) is 10.3. The fraction of sp³-hybridized carbons (Fsp3) is 0.0588. The van der Waals surface area contributed by atoms with Crippen LogP contribution in [0.3, 0.4) is 0 Å². The maximum atomic E-state index is 11.7. The Kier molecular flexibility index (Phi) is 3.51. The number of rotatable bonds is 4. The highest BCUT2D eigenvalue weighted by atomic mass is 16.3. The van der Waals surface area contributed by atoms with Gasteiger partial charge in [0.15, 0.2) is 0 Å². The molecule has 3 aromatic rings. The lowest BCUT2D eigenvalue weighted by Gasteiger charge is -2.15. The smallest absolute Gasteiger partial charge is 0.244 e. The molecule has 0 fully saturated rings. The number of carbonyl (C=O) groups excluding carboxylic acids is 1. The SMILES string of the molecule is C=CC(=O)N[C@@H](c1cccnc1)c1cc2ccccc2o1. The topological polar surface area (TPSA) is 55.1 Å². The number of amides is 1. The Balaban J connectivity index is 2.05. The number of hydrogen-bond acceptors (Lipinski definition) is 3. The molecular formula is C17H14N2O2. The molecule has 2 aromatic heterocycles. The first-order valence-corrected chi connectivity index (χ1v) is 6.59. The molecule has 0 aliphatic heterocycles. The number of pyridine rings is 1. The van der Waals surface area contributed by atoms with Crippen molar-refractivity contribution in [2.24, 2.45) is 0 Å². The molecule has 0 saturated carbocycles. The Labute approximate surface area is 122 Å². The molecule has 3 rings (SSSR count). The highest BCUT2D eigenvalue weighted by Gasteiger charge is 2.20. The van der Waals surface area contributed by atoms with E-state index in [1.165, 1.54) is 6.08 Å². The second-order valence-corrected chi connectivity index (χ2v) is 4.62. The summed E-state index contributed by atoms with van der Waals surface area (Å²) in [7, 11) is 0. The molecule has 0 unspecified atom stereocenters. The lowest BCUT2D eigenvalue weighted by Crippen LogP contribution is -2.27. The van der Waals surface area contributed by atoms with Gasteiger partial charge in [0.25, 0.3) is 0 Å². The minimum atomic E-state index is -0.392. The van der Waals surface area contributed by atoms with Gasteiger partial charge >= 0.3 is 0 Å². The summed E-state index contributed by atoms with van der Waals surface area (Å²) < 4.78 is 5.85. The van der Waals surface area contributed by atoms with Gasteiger partial charge in [0.05, 0.1) is 0 Å². The number of carbonyl (C=O) groups is 1. The number of hydrogen-bond donors (Lipinski definition) is 1. The first kappa shape index (κ1) is 13.1. The van der Waals surface area contributed by atoms with Gasteiger partial charge < -0.3 is 9.73 Å². The lowest BCUT2D eigenvalue weighted by molar-refractivity contribution is -0.117. The number of nitrogens with one attached hydrogen (secondary N) is 1. The van der Waals surface area contributed by atoms with Gasteiger partial charge in [-0.25, -0.2) is 0 Å². The van der Waals surface area contributed by atoms with Crippen LogP contribution < -0.4 is 5.32 Å². The summed E-state index contributed by atoms with van der Waals surface area (Å²) >= 11 is 0. The van der Waals surface area contributed by atoms with Crippen LogP contribution in [0.1, 0.15) is 17.4 Å². The van der Waals surface area contributed by atoms with E-state index in [4.69, 9.17) is 4.42 Å². The Morgan fingerprint density at radius 2 is 2.14 bits per heavy atom. The van der Waals surface area contributed by atoms with Crippen LogP contribution in [0, 0.1) is 0 Å². The molecule has 4 heteroatoms. The van der Waals surface area contributed by atoms with Crippen LogP contribution >= 0.6 is 0 Å². The van der Waals surface area contributed by atoms with Crippen LogP contribution in [-0.2, 0) is 4.79 Å². The van der Waals surface area contributed by atoms with Crippen molar-refractivity contribution in [3.8, 4) is 0 Å². The number of fused-ring (bicyclic) bond motifs is 1. The van der Waals surface area contributed by atoms with Crippen molar-refractivity contribution in [1.82, 2.24) is 10.3 Å². The third-order valence-corrected chi connectivity index (χ3v) is 3.22. The van der Waals surface area contributed by atoms with Gasteiger partial charge in [-0.05, 0) is 24.3 Å². The minimum Gasteiger partial charge on any atom is -0.459 e. The Morgan fingerprint density at radius 3 is 2.86 bits per heavy atom. The van der Waals surface area contributed by atoms with Gasteiger partial charge in [0.1, 0.15) is 17.4 Å². The number of benzene rings is 1. The van der Waals surface area contributed by atoms with E-state index in [1.54, 1.807) is 12.4 Å². The second kappa shape index (κ2) is 5.63. The second-order valence-electron chi connectivity index (χ2n) is 4.62. The number of furan rings is 1. The Bertz CT molecular complexity index is 745. The highest BCUT2D eigenvalue weighted by Crippen LogP contribution is 2.27. The van der Waals surface area contributed by atoms with Crippen LogP contribution in [0.2, 0.25) is 0 Å². The number of para-hydroxylation sites is 1. The third-order valence-electron chi connectivity index (χ3n) is 3.22. The lowest BCUT2D eigenvalue weighted by atomic mass is 10.1. The summed E-state index contributed by atoms with van der Waals surface area (Å²) in [4.78, 5) is 15.8. The highest BCUT2D eigenvalue weighted by molar-refractivity contribution is 5.87. The monoisotopic (exact) mass is 278 g/mol. The summed E-state index contributed by atoms with van der Waals surface area (Å²) in [6, 6.07) is 13.0. The molecule has 0 aliphatic carbocycles. The summed E-state index contributed by atoms with van der Waals surface area (Å²) in [5.41, 5.74) is 1.64. The molecule has 0 bridgehead atoms. The van der Waals surface area contributed by atoms with Gasteiger partial charge in [-0.15, -0.1) is 0 Å².